The summed E-state index contributed by atoms with van der Waals surface area (Å²) in [6.07, 6.45) is 0. The Kier molecular flexibility index (Phi) is 1.64. The normalized spacial score (nSPS) is 20.0. The van der Waals surface area contributed by atoms with Crippen molar-refractivity contribution in [2.45, 2.75) is 11.4 Å². The lowest BCUT2D eigenvalue weighted by molar-refractivity contribution is 0.537. The van der Waals surface area contributed by atoms with Gasteiger partial charge < -0.3 is 0 Å². The topological polar surface area (TPSA) is 58.2 Å². The summed E-state index contributed by atoms with van der Waals surface area (Å²) in [5.74, 6) is 0. The zero-order chi connectivity index (χ0) is 8.60. The van der Waals surface area contributed by atoms with E-state index in [1.807, 2.05) is 6.07 Å². The van der Waals surface area contributed by atoms with Crippen molar-refractivity contribution >= 4 is 10.0 Å². The quantitative estimate of drug-likeness (QED) is 0.596. The van der Waals surface area contributed by atoms with Crippen LogP contribution in [-0.4, -0.2) is 8.42 Å². The van der Waals surface area contributed by atoms with Gasteiger partial charge in [0.2, 0.25) is 0 Å². The maximum absolute atomic E-state index is 11.3. The maximum Gasteiger partial charge on any atom is 0.253 e. The lowest BCUT2D eigenvalue weighted by Crippen LogP contribution is -2.41. The van der Waals surface area contributed by atoms with Crippen LogP contribution in [-0.2, 0) is 16.6 Å². The number of hydrazine groups is 1. The summed E-state index contributed by atoms with van der Waals surface area (Å²) >= 11 is 0. The van der Waals surface area contributed by atoms with Gasteiger partial charge in [-0.25, -0.2) is 13.8 Å². The van der Waals surface area contributed by atoms with Crippen LogP contribution in [0.1, 0.15) is 5.56 Å². The molecule has 1 heterocycles. The largest absolute Gasteiger partial charge is 0.253 e. The van der Waals surface area contributed by atoms with Crippen LogP contribution in [0.25, 0.3) is 0 Å². The predicted octanol–water partition coefficient (Wildman–Crippen LogP) is -0.0169. The summed E-state index contributed by atoms with van der Waals surface area (Å²) in [7, 11) is -3.30. The fourth-order valence-electron chi connectivity index (χ4n) is 1.19. The van der Waals surface area contributed by atoms with Gasteiger partial charge in [-0.05, 0) is 11.6 Å². The van der Waals surface area contributed by atoms with E-state index in [0.717, 1.165) is 5.56 Å². The molecule has 0 amide bonds. The molecule has 4 nitrogen and oxygen atoms in total. The molecule has 0 aliphatic carbocycles. The molecule has 0 unspecified atom stereocenters. The Hall–Kier alpha value is -0.910. The molecular weight excluding hydrogens is 176 g/mol. The SMILES string of the molecule is O=S1(=O)NNCc2ccccc21. The second-order valence-corrected chi connectivity index (χ2v) is 4.22. The molecule has 0 saturated carbocycles. The Bertz CT molecular complexity index is 400. The van der Waals surface area contributed by atoms with E-state index in [1.165, 1.54) is 0 Å². The lowest BCUT2D eigenvalue weighted by atomic mass is 10.2. The van der Waals surface area contributed by atoms with Gasteiger partial charge in [-0.2, -0.15) is 0 Å². The second kappa shape index (κ2) is 2.55. The molecule has 12 heavy (non-hydrogen) atoms. The molecule has 0 bridgehead atoms. The zero-order valence-electron chi connectivity index (χ0n) is 6.24. The number of nitrogens with one attached hydrogen (secondary N) is 2. The van der Waals surface area contributed by atoms with E-state index in [9.17, 15) is 8.42 Å². The van der Waals surface area contributed by atoms with E-state index in [0.29, 0.717) is 11.4 Å². The smallest absolute Gasteiger partial charge is 0.239 e. The summed E-state index contributed by atoms with van der Waals surface area (Å²) in [6, 6.07) is 6.92. The van der Waals surface area contributed by atoms with Crippen LogP contribution >= 0.6 is 0 Å². The highest BCUT2D eigenvalue weighted by Crippen LogP contribution is 2.16. The third-order valence-electron chi connectivity index (χ3n) is 1.75. The van der Waals surface area contributed by atoms with E-state index in [2.05, 4.69) is 10.3 Å². The van der Waals surface area contributed by atoms with Gasteiger partial charge in [-0.15, -0.1) is 4.83 Å². The highest BCUT2D eigenvalue weighted by Gasteiger charge is 2.21. The van der Waals surface area contributed by atoms with Crippen molar-refractivity contribution in [3.63, 3.8) is 0 Å². The average Bonchev–Trinajstić information content (AvgIpc) is 2.04. The van der Waals surface area contributed by atoms with E-state index in [-0.39, 0.29) is 0 Å². The number of hydrogen-bond acceptors (Lipinski definition) is 3. The molecule has 0 radical (unpaired) electrons. The minimum atomic E-state index is -3.30. The number of benzene rings is 1. The molecule has 0 spiro atoms. The molecule has 0 atom stereocenters. The summed E-state index contributed by atoms with van der Waals surface area (Å²) in [5.41, 5.74) is 3.40. The highest BCUT2D eigenvalue weighted by atomic mass is 32.2. The fourth-order valence-corrected chi connectivity index (χ4v) is 2.31. The summed E-state index contributed by atoms with van der Waals surface area (Å²) in [6.45, 7) is 0.537. The van der Waals surface area contributed by atoms with Crippen LogP contribution in [0.5, 0.6) is 0 Å². The van der Waals surface area contributed by atoms with Gasteiger partial charge in [-0.1, -0.05) is 18.2 Å². The lowest BCUT2D eigenvalue weighted by Gasteiger charge is -2.17. The second-order valence-electron chi connectivity index (χ2n) is 2.57. The van der Waals surface area contributed by atoms with E-state index >= 15 is 0 Å². The van der Waals surface area contributed by atoms with Gasteiger partial charge in [0.15, 0.2) is 0 Å². The molecule has 0 saturated heterocycles. The third kappa shape index (κ3) is 1.12. The molecular formula is C7H8N2O2S. The van der Waals surface area contributed by atoms with Crippen molar-refractivity contribution in [2.24, 2.45) is 0 Å². The molecule has 1 aromatic carbocycles. The van der Waals surface area contributed by atoms with Crippen molar-refractivity contribution in [1.29, 1.82) is 0 Å². The van der Waals surface area contributed by atoms with Crippen LogP contribution in [0, 0.1) is 0 Å². The third-order valence-corrected chi connectivity index (χ3v) is 3.14. The summed E-state index contributed by atoms with van der Waals surface area (Å²) in [4.78, 5) is 2.60. The zero-order valence-corrected chi connectivity index (χ0v) is 7.06. The van der Waals surface area contributed by atoms with Gasteiger partial charge in [0, 0.05) is 6.54 Å². The number of fused-ring (bicyclic) bond motifs is 1. The number of hydrogen-bond donors (Lipinski definition) is 2. The van der Waals surface area contributed by atoms with E-state index in [4.69, 9.17) is 0 Å². The standard InChI is InChI=1S/C7H8N2O2S/c10-12(11)7-4-2-1-3-6(7)5-8-9-12/h1-4,8-9H,5H2. The first-order chi connectivity index (χ1) is 5.70. The number of sulfonamides is 1. The molecule has 5 heteroatoms. The van der Waals surface area contributed by atoms with Crippen LogP contribution in [0.4, 0.5) is 0 Å². The van der Waals surface area contributed by atoms with E-state index < -0.39 is 10.0 Å². The fraction of sp³-hybridized carbons (Fsp3) is 0.143. The maximum atomic E-state index is 11.3. The van der Waals surface area contributed by atoms with Crippen molar-refractivity contribution < 1.29 is 8.42 Å². The van der Waals surface area contributed by atoms with Crippen molar-refractivity contribution in [1.82, 2.24) is 10.3 Å². The molecule has 1 aliphatic heterocycles. The predicted molar refractivity (Wildman–Crippen MR) is 43.6 cm³/mol. The minimum Gasteiger partial charge on any atom is -0.239 e. The first-order valence-electron chi connectivity index (χ1n) is 3.53. The highest BCUT2D eigenvalue weighted by molar-refractivity contribution is 7.89. The van der Waals surface area contributed by atoms with Gasteiger partial charge in [0.25, 0.3) is 10.0 Å². The summed E-state index contributed by atoms with van der Waals surface area (Å²) in [5, 5.41) is 0. The Labute approximate surface area is 70.6 Å². The molecule has 1 aromatic rings. The van der Waals surface area contributed by atoms with Gasteiger partial charge in [-0.3, -0.25) is 0 Å². The minimum absolute atomic E-state index is 0.365. The van der Waals surface area contributed by atoms with Crippen LogP contribution in [0.15, 0.2) is 29.2 Å². The number of rotatable bonds is 0. The molecule has 0 fully saturated rings. The van der Waals surface area contributed by atoms with E-state index in [1.54, 1.807) is 18.2 Å². The van der Waals surface area contributed by atoms with Crippen LogP contribution in [0.2, 0.25) is 0 Å². The van der Waals surface area contributed by atoms with Crippen molar-refractivity contribution in [3.05, 3.63) is 29.8 Å². The first kappa shape index (κ1) is 7.72. The summed E-state index contributed by atoms with van der Waals surface area (Å²) < 4.78 is 22.6. The molecule has 64 valence electrons. The van der Waals surface area contributed by atoms with Gasteiger partial charge in [0.1, 0.15) is 0 Å². The van der Waals surface area contributed by atoms with Crippen molar-refractivity contribution in [2.75, 3.05) is 0 Å². The van der Waals surface area contributed by atoms with Gasteiger partial charge in [0.05, 0.1) is 4.90 Å². The molecule has 1 aliphatic rings. The monoisotopic (exact) mass is 184 g/mol. The van der Waals surface area contributed by atoms with Crippen molar-refractivity contribution in [3.8, 4) is 0 Å². The Balaban J connectivity index is 2.67. The van der Waals surface area contributed by atoms with Crippen LogP contribution < -0.4 is 10.3 Å². The Morgan fingerprint density at radius 3 is 2.75 bits per heavy atom. The molecule has 2 rings (SSSR count). The first-order valence-corrected chi connectivity index (χ1v) is 5.01. The Morgan fingerprint density at radius 2 is 2.00 bits per heavy atom. The molecule has 2 N–H and O–H groups in total. The Morgan fingerprint density at radius 1 is 1.25 bits per heavy atom. The molecule has 0 aromatic heterocycles. The average molecular weight is 184 g/mol. The van der Waals surface area contributed by atoms with Gasteiger partial charge >= 0.3 is 0 Å². The van der Waals surface area contributed by atoms with Crippen LogP contribution in [0.3, 0.4) is 0 Å².